The highest BCUT2D eigenvalue weighted by Gasteiger charge is 2.53. The molecule has 10 aromatic carbocycles. The molecule has 0 fully saturated rings. The van der Waals surface area contributed by atoms with E-state index in [-0.39, 0.29) is 0 Å². The van der Waals surface area contributed by atoms with Crippen LogP contribution in [-0.2, 0) is 10.8 Å². The number of nitrogens with zero attached hydrogens (tertiary/aromatic N) is 2. The summed E-state index contributed by atoms with van der Waals surface area (Å²) < 4.78 is 0. The third-order valence-corrected chi connectivity index (χ3v) is 15.5. The predicted molar refractivity (Wildman–Crippen MR) is 276 cm³/mol. The molecule has 0 aliphatic heterocycles. The van der Waals surface area contributed by atoms with Crippen LogP contribution in [0.15, 0.2) is 243 Å². The third-order valence-electron chi connectivity index (χ3n) is 15.5. The van der Waals surface area contributed by atoms with Crippen molar-refractivity contribution >= 4 is 0 Å². The van der Waals surface area contributed by atoms with Gasteiger partial charge in [-0.1, -0.05) is 218 Å². The van der Waals surface area contributed by atoms with E-state index in [9.17, 15) is 0 Å². The van der Waals surface area contributed by atoms with Crippen molar-refractivity contribution in [2.24, 2.45) is 0 Å². The van der Waals surface area contributed by atoms with E-state index in [4.69, 9.17) is 9.97 Å². The van der Waals surface area contributed by atoms with Gasteiger partial charge in [0.1, 0.15) is 0 Å². The van der Waals surface area contributed by atoms with Crippen LogP contribution in [0.25, 0.3) is 89.5 Å². The maximum absolute atomic E-state index is 5.49. The van der Waals surface area contributed by atoms with Crippen LogP contribution in [0.3, 0.4) is 0 Å². The van der Waals surface area contributed by atoms with Crippen molar-refractivity contribution in [3.8, 4) is 89.5 Å². The number of hydrogen-bond acceptors (Lipinski definition) is 2. The Kier molecular flexibility index (Phi) is 7.67. The summed E-state index contributed by atoms with van der Waals surface area (Å²) in [4.78, 5) is 10.8. The zero-order valence-corrected chi connectivity index (χ0v) is 37.0. The van der Waals surface area contributed by atoms with Gasteiger partial charge >= 0.3 is 0 Å². The quantitative estimate of drug-likeness (QED) is 0.176. The standard InChI is InChI=1S/C66H40N2/c1-2-17-41(18-3-1)62-40-63(44-34-36-53-51-26-9-15-32-59(51)66(61(53)39-44)56-29-12-6-23-48(56)49-24-7-13-30-57(49)66)68-64(67-62)45-20-16-19-42(37-45)43-33-35-52-50-25-8-14-31-58(50)65(60(52)38-43)54-27-10-4-21-46(54)47-22-5-11-28-55(47)65/h1-40H. The van der Waals surface area contributed by atoms with Crippen molar-refractivity contribution in [1.82, 2.24) is 9.97 Å². The van der Waals surface area contributed by atoms with E-state index in [2.05, 4.69) is 243 Å². The lowest BCUT2D eigenvalue weighted by molar-refractivity contribution is 0.794. The van der Waals surface area contributed by atoms with E-state index in [1.807, 2.05) is 0 Å². The van der Waals surface area contributed by atoms with Crippen LogP contribution in [0.2, 0.25) is 0 Å². The molecule has 314 valence electrons. The molecule has 1 heterocycles. The van der Waals surface area contributed by atoms with Crippen molar-refractivity contribution in [2.75, 3.05) is 0 Å². The smallest absolute Gasteiger partial charge is 0.160 e. The molecule has 0 saturated carbocycles. The van der Waals surface area contributed by atoms with E-state index in [1.54, 1.807) is 0 Å². The van der Waals surface area contributed by atoms with Gasteiger partial charge in [0.15, 0.2) is 5.82 Å². The topological polar surface area (TPSA) is 25.8 Å². The molecule has 0 saturated heterocycles. The van der Waals surface area contributed by atoms with Crippen LogP contribution >= 0.6 is 0 Å². The van der Waals surface area contributed by atoms with Gasteiger partial charge in [0, 0.05) is 16.7 Å². The van der Waals surface area contributed by atoms with Crippen LogP contribution in [0.4, 0.5) is 0 Å². The number of benzene rings is 10. The molecule has 0 atom stereocenters. The molecule has 4 aliphatic carbocycles. The fourth-order valence-corrected chi connectivity index (χ4v) is 12.8. The normalized spacial score (nSPS) is 14.1. The van der Waals surface area contributed by atoms with E-state index in [0.29, 0.717) is 5.82 Å². The van der Waals surface area contributed by atoms with E-state index >= 15 is 0 Å². The maximum Gasteiger partial charge on any atom is 0.160 e. The van der Waals surface area contributed by atoms with Crippen LogP contribution < -0.4 is 0 Å². The monoisotopic (exact) mass is 860 g/mol. The minimum atomic E-state index is -0.444. The maximum atomic E-state index is 5.49. The second kappa shape index (κ2) is 13.9. The number of hydrogen-bond donors (Lipinski definition) is 0. The summed E-state index contributed by atoms with van der Waals surface area (Å²) in [5, 5.41) is 0. The molecule has 4 aliphatic rings. The minimum Gasteiger partial charge on any atom is -0.228 e. The number of aromatic nitrogens is 2. The molecule has 0 amide bonds. The SMILES string of the molecule is c1ccc(-c2cc(-c3ccc4c(c3)C3(c5ccccc5-c5ccccc53)c3ccccc3-4)nc(-c3cccc(-c4ccc5c(c4)C4(c6ccccc6-c6ccccc64)c4ccccc4-5)c3)n2)cc1. The summed E-state index contributed by atoms with van der Waals surface area (Å²) in [6.45, 7) is 0. The lowest BCUT2D eigenvalue weighted by Crippen LogP contribution is -2.25. The van der Waals surface area contributed by atoms with Gasteiger partial charge in [-0.25, -0.2) is 9.97 Å². The lowest BCUT2D eigenvalue weighted by Gasteiger charge is -2.30. The Bertz CT molecular complexity index is 3810. The Balaban J connectivity index is 0.900. The molecule has 0 unspecified atom stereocenters. The van der Waals surface area contributed by atoms with Crippen LogP contribution in [0.1, 0.15) is 44.5 Å². The van der Waals surface area contributed by atoms with E-state index in [1.165, 1.54) is 94.6 Å². The third kappa shape index (κ3) is 4.86. The van der Waals surface area contributed by atoms with Gasteiger partial charge in [-0.05, 0) is 124 Å². The Hall–Kier alpha value is -8.72. The molecule has 0 bridgehead atoms. The molecule has 2 nitrogen and oxygen atoms in total. The van der Waals surface area contributed by atoms with Crippen LogP contribution in [0.5, 0.6) is 0 Å². The molecule has 0 radical (unpaired) electrons. The first-order valence-corrected chi connectivity index (χ1v) is 23.6. The van der Waals surface area contributed by atoms with Crippen LogP contribution in [-0.4, -0.2) is 9.97 Å². The van der Waals surface area contributed by atoms with Gasteiger partial charge in [-0.2, -0.15) is 0 Å². The van der Waals surface area contributed by atoms with Gasteiger partial charge < -0.3 is 0 Å². The first-order chi connectivity index (χ1) is 33.7. The molecule has 1 aromatic heterocycles. The molecule has 2 spiro atoms. The van der Waals surface area contributed by atoms with Crippen molar-refractivity contribution in [3.63, 3.8) is 0 Å². The summed E-state index contributed by atoms with van der Waals surface area (Å²) in [6, 6.07) is 89.6. The fourth-order valence-electron chi connectivity index (χ4n) is 12.8. The lowest BCUT2D eigenvalue weighted by atomic mass is 9.70. The molecule has 2 heteroatoms. The van der Waals surface area contributed by atoms with E-state index in [0.717, 1.165) is 33.6 Å². The molecule has 11 aromatic rings. The van der Waals surface area contributed by atoms with Crippen molar-refractivity contribution in [3.05, 3.63) is 287 Å². The minimum absolute atomic E-state index is 0.409. The summed E-state index contributed by atoms with van der Waals surface area (Å²) in [6.07, 6.45) is 0. The number of rotatable bonds is 4. The highest BCUT2D eigenvalue weighted by molar-refractivity contribution is 5.98. The molecule has 0 N–H and O–H groups in total. The van der Waals surface area contributed by atoms with Crippen molar-refractivity contribution in [1.29, 1.82) is 0 Å². The number of fused-ring (bicyclic) bond motifs is 20. The van der Waals surface area contributed by atoms with Gasteiger partial charge in [0.05, 0.1) is 22.2 Å². The average molecular weight is 861 g/mol. The highest BCUT2D eigenvalue weighted by Crippen LogP contribution is 2.64. The summed E-state index contributed by atoms with van der Waals surface area (Å²) in [5.41, 5.74) is 27.3. The molecule has 68 heavy (non-hydrogen) atoms. The highest BCUT2D eigenvalue weighted by atomic mass is 14.9. The first kappa shape index (κ1) is 37.5. The zero-order valence-electron chi connectivity index (χ0n) is 37.0. The Morgan fingerprint density at radius 3 is 0.985 bits per heavy atom. The van der Waals surface area contributed by atoms with Crippen LogP contribution in [0, 0.1) is 0 Å². The molecular formula is C66H40N2. The second-order valence-corrected chi connectivity index (χ2v) is 18.7. The van der Waals surface area contributed by atoms with E-state index < -0.39 is 10.8 Å². The Labute approximate surface area is 395 Å². The second-order valence-electron chi connectivity index (χ2n) is 18.7. The molecular weight excluding hydrogens is 821 g/mol. The Morgan fingerprint density at radius 1 is 0.206 bits per heavy atom. The van der Waals surface area contributed by atoms with Crippen molar-refractivity contribution in [2.45, 2.75) is 10.8 Å². The summed E-state index contributed by atoms with van der Waals surface area (Å²) in [7, 11) is 0. The summed E-state index contributed by atoms with van der Waals surface area (Å²) >= 11 is 0. The van der Waals surface area contributed by atoms with Gasteiger partial charge in [0.2, 0.25) is 0 Å². The van der Waals surface area contributed by atoms with Gasteiger partial charge in [-0.3, -0.25) is 0 Å². The first-order valence-electron chi connectivity index (χ1n) is 23.6. The summed E-state index contributed by atoms with van der Waals surface area (Å²) in [5.74, 6) is 0.696. The Morgan fingerprint density at radius 2 is 0.529 bits per heavy atom. The van der Waals surface area contributed by atoms with Gasteiger partial charge in [-0.15, -0.1) is 0 Å². The fraction of sp³-hybridized carbons (Fsp3) is 0.0303. The molecule has 15 rings (SSSR count). The predicted octanol–water partition coefficient (Wildman–Crippen LogP) is 15.8. The van der Waals surface area contributed by atoms with Gasteiger partial charge in [0.25, 0.3) is 0 Å². The largest absolute Gasteiger partial charge is 0.228 e. The zero-order chi connectivity index (χ0) is 44.6. The van der Waals surface area contributed by atoms with Crippen molar-refractivity contribution < 1.29 is 0 Å². The average Bonchev–Trinajstić information content (AvgIpc) is 4.10.